The molecule has 0 saturated heterocycles. The fraction of sp³-hybridized carbons (Fsp3) is 0.417. The Labute approximate surface area is 117 Å². The molecule has 0 radical (unpaired) electrons. The van der Waals surface area contributed by atoms with Crippen molar-refractivity contribution in [2.75, 3.05) is 13.7 Å². The Hall–Kier alpha value is -0.970. The van der Waals surface area contributed by atoms with Gasteiger partial charge in [0.15, 0.2) is 5.75 Å². The normalized spacial score (nSPS) is 9.39. The lowest BCUT2D eigenvalue weighted by atomic mass is 10.2. The molecule has 0 aliphatic carbocycles. The van der Waals surface area contributed by atoms with Gasteiger partial charge in [0.05, 0.1) is 17.2 Å². The number of unbranched alkanes of at least 4 members (excludes halogenated alkanes) is 1. The van der Waals surface area contributed by atoms with Crippen molar-refractivity contribution in [1.82, 2.24) is 0 Å². The first-order valence-corrected chi connectivity index (χ1v) is 6.20. The molecule has 0 aliphatic rings. The number of carboxylic acid groups (broad SMARTS) is 1. The van der Waals surface area contributed by atoms with Gasteiger partial charge in [0, 0.05) is 0 Å². The number of hydrogen-bond donors (Lipinski definition) is 2. The van der Waals surface area contributed by atoms with E-state index in [0.717, 1.165) is 6.54 Å². The molecule has 0 saturated carbocycles. The Morgan fingerprint density at radius 3 is 2.22 bits per heavy atom. The van der Waals surface area contributed by atoms with Crippen molar-refractivity contribution < 1.29 is 14.6 Å². The molecule has 1 aromatic carbocycles. The monoisotopic (exact) mass is 293 g/mol. The number of methoxy groups -OCH3 is 1. The van der Waals surface area contributed by atoms with Crippen LogP contribution < -0.4 is 10.5 Å². The maximum Gasteiger partial charge on any atom is 0.341 e. The van der Waals surface area contributed by atoms with E-state index in [1.54, 1.807) is 0 Å². The van der Waals surface area contributed by atoms with Crippen LogP contribution in [-0.4, -0.2) is 24.7 Å². The molecule has 0 aromatic heterocycles. The van der Waals surface area contributed by atoms with Crippen molar-refractivity contribution in [2.24, 2.45) is 5.73 Å². The first-order valence-electron chi connectivity index (χ1n) is 5.44. The molecule has 0 amide bonds. The highest BCUT2D eigenvalue weighted by molar-refractivity contribution is 6.36. The molecule has 0 heterocycles. The summed E-state index contributed by atoms with van der Waals surface area (Å²) in [6.07, 6.45) is 2.39. The molecule has 0 aliphatic heterocycles. The number of carboxylic acids is 1. The largest absolute Gasteiger partial charge is 0.494 e. The highest BCUT2D eigenvalue weighted by Gasteiger charge is 2.17. The number of benzene rings is 1. The lowest BCUT2D eigenvalue weighted by Crippen LogP contribution is -2.01. The summed E-state index contributed by atoms with van der Waals surface area (Å²) >= 11 is 11.4. The second-order valence-electron chi connectivity index (χ2n) is 3.38. The summed E-state index contributed by atoms with van der Waals surface area (Å²) in [5.41, 5.74) is 5.02. The van der Waals surface area contributed by atoms with Gasteiger partial charge in [-0.15, -0.1) is 0 Å². The van der Waals surface area contributed by atoms with Crippen LogP contribution in [-0.2, 0) is 0 Å². The topological polar surface area (TPSA) is 72.5 Å². The zero-order chi connectivity index (χ0) is 14.1. The molecule has 3 N–H and O–H groups in total. The van der Waals surface area contributed by atoms with Gasteiger partial charge < -0.3 is 15.6 Å². The molecule has 0 atom stereocenters. The number of aromatic carboxylic acids is 1. The summed E-state index contributed by atoms with van der Waals surface area (Å²) in [4.78, 5) is 10.7. The SMILES string of the molecule is CCCCN.COc1c(Cl)ccc(Cl)c1C(=O)O. The minimum atomic E-state index is -1.16. The molecule has 102 valence electrons. The van der Waals surface area contributed by atoms with E-state index in [9.17, 15) is 4.79 Å². The third-order valence-electron chi connectivity index (χ3n) is 2.03. The predicted octanol–water partition coefficient (Wildman–Crippen LogP) is 3.45. The van der Waals surface area contributed by atoms with Crippen LogP contribution in [0, 0.1) is 0 Å². The highest BCUT2D eigenvalue weighted by Crippen LogP contribution is 2.33. The van der Waals surface area contributed by atoms with E-state index in [4.69, 9.17) is 38.8 Å². The summed E-state index contributed by atoms with van der Waals surface area (Å²) in [6, 6.07) is 2.89. The van der Waals surface area contributed by atoms with Crippen molar-refractivity contribution in [3.63, 3.8) is 0 Å². The van der Waals surface area contributed by atoms with Crippen LogP contribution in [0.5, 0.6) is 5.75 Å². The second kappa shape index (κ2) is 9.03. The number of nitrogens with two attached hydrogens (primary N) is 1. The fourth-order valence-corrected chi connectivity index (χ4v) is 1.60. The first kappa shape index (κ1) is 17.0. The third kappa shape index (κ3) is 5.12. The first-order chi connectivity index (χ1) is 8.49. The lowest BCUT2D eigenvalue weighted by Gasteiger charge is -2.07. The molecule has 0 spiro atoms. The van der Waals surface area contributed by atoms with Crippen molar-refractivity contribution in [2.45, 2.75) is 19.8 Å². The molecule has 0 fully saturated rings. The van der Waals surface area contributed by atoms with Gasteiger partial charge in [-0.2, -0.15) is 0 Å². The maximum absolute atomic E-state index is 10.7. The van der Waals surface area contributed by atoms with E-state index in [0.29, 0.717) is 0 Å². The van der Waals surface area contributed by atoms with Gasteiger partial charge in [0.25, 0.3) is 0 Å². The molecular formula is C12H17Cl2NO3. The number of ether oxygens (including phenoxy) is 1. The van der Waals surface area contributed by atoms with Gasteiger partial charge in [0.1, 0.15) is 5.56 Å². The molecule has 0 bridgehead atoms. The highest BCUT2D eigenvalue weighted by atomic mass is 35.5. The summed E-state index contributed by atoms with van der Waals surface area (Å²) in [6.45, 7) is 2.98. The van der Waals surface area contributed by atoms with Crippen LogP contribution >= 0.6 is 23.2 Å². The summed E-state index contributed by atoms with van der Waals surface area (Å²) in [5, 5.41) is 9.11. The minimum Gasteiger partial charge on any atom is -0.494 e. The predicted molar refractivity (Wildman–Crippen MR) is 73.9 cm³/mol. The average Bonchev–Trinajstić information content (AvgIpc) is 2.33. The maximum atomic E-state index is 10.7. The zero-order valence-corrected chi connectivity index (χ0v) is 11.9. The Kier molecular flexibility index (Phi) is 8.54. The second-order valence-corrected chi connectivity index (χ2v) is 4.20. The van der Waals surface area contributed by atoms with Gasteiger partial charge in [-0.25, -0.2) is 4.79 Å². The van der Waals surface area contributed by atoms with Gasteiger partial charge in [-0.3, -0.25) is 0 Å². The smallest absolute Gasteiger partial charge is 0.341 e. The summed E-state index contributed by atoms with van der Waals surface area (Å²) in [5.74, 6) is -1.08. The minimum absolute atomic E-state index is 0.0849. The van der Waals surface area contributed by atoms with Crippen LogP contribution in [0.2, 0.25) is 10.0 Å². The number of rotatable bonds is 4. The van der Waals surface area contributed by atoms with Gasteiger partial charge in [0.2, 0.25) is 0 Å². The van der Waals surface area contributed by atoms with Crippen LogP contribution in [0.3, 0.4) is 0 Å². The Bertz CT molecular complexity index is 395. The lowest BCUT2D eigenvalue weighted by molar-refractivity contribution is 0.0693. The number of halogens is 2. The molecule has 1 rings (SSSR count). The van der Waals surface area contributed by atoms with E-state index in [2.05, 4.69) is 6.92 Å². The van der Waals surface area contributed by atoms with Crippen LogP contribution in [0.15, 0.2) is 12.1 Å². The van der Waals surface area contributed by atoms with E-state index >= 15 is 0 Å². The summed E-state index contributed by atoms with van der Waals surface area (Å²) < 4.78 is 4.82. The standard InChI is InChI=1S/C8H6Cl2O3.C4H11N/c1-13-7-5(10)3-2-4(9)6(7)8(11)12;1-2-3-4-5/h2-3H,1H3,(H,11,12);2-5H2,1H3. The third-order valence-corrected chi connectivity index (χ3v) is 2.65. The Morgan fingerprint density at radius 1 is 1.39 bits per heavy atom. The Balaban J connectivity index is 0.000000494. The van der Waals surface area contributed by atoms with Crippen molar-refractivity contribution in [3.05, 3.63) is 27.7 Å². The fourth-order valence-electron chi connectivity index (χ4n) is 1.14. The van der Waals surface area contributed by atoms with E-state index in [-0.39, 0.29) is 21.4 Å². The van der Waals surface area contributed by atoms with E-state index in [1.807, 2.05) is 0 Å². The number of hydrogen-bond acceptors (Lipinski definition) is 3. The van der Waals surface area contributed by atoms with Crippen LogP contribution in [0.4, 0.5) is 0 Å². The van der Waals surface area contributed by atoms with Gasteiger partial charge in [-0.1, -0.05) is 36.5 Å². The molecule has 4 nitrogen and oxygen atoms in total. The zero-order valence-electron chi connectivity index (χ0n) is 10.4. The molecule has 18 heavy (non-hydrogen) atoms. The van der Waals surface area contributed by atoms with Gasteiger partial charge in [-0.05, 0) is 25.1 Å². The molecular weight excluding hydrogens is 277 g/mol. The van der Waals surface area contributed by atoms with E-state index in [1.165, 1.54) is 32.1 Å². The molecule has 6 heteroatoms. The average molecular weight is 294 g/mol. The Morgan fingerprint density at radius 2 is 1.94 bits per heavy atom. The van der Waals surface area contributed by atoms with Crippen molar-refractivity contribution in [3.8, 4) is 5.75 Å². The van der Waals surface area contributed by atoms with Gasteiger partial charge >= 0.3 is 5.97 Å². The van der Waals surface area contributed by atoms with Crippen molar-refractivity contribution in [1.29, 1.82) is 0 Å². The van der Waals surface area contributed by atoms with E-state index < -0.39 is 5.97 Å². The van der Waals surface area contributed by atoms with Crippen LogP contribution in [0.1, 0.15) is 30.1 Å². The number of carbonyl (C=O) groups is 1. The summed E-state index contributed by atoms with van der Waals surface area (Å²) in [7, 11) is 1.34. The van der Waals surface area contributed by atoms with Crippen molar-refractivity contribution >= 4 is 29.2 Å². The quantitative estimate of drug-likeness (QED) is 0.892. The molecule has 0 unspecified atom stereocenters. The molecule has 1 aromatic rings. The van der Waals surface area contributed by atoms with Crippen LogP contribution in [0.25, 0.3) is 0 Å².